The average molecular weight is 312 g/mol. The first-order chi connectivity index (χ1) is 11.1. The predicted octanol–water partition coefficient (Wildman–Crippen LogP) is 1.84. The molecule has 1 fully saturated rings. The fourth-order valence-electron chi connectivity index (χ4n) is 2.58. The van der Waals surface area contributed by atoms with Crippen molar-refractivity contribution in [1.82, 2.24) is 14.9 Å². The van der Waals surface area contributed by atoms with Crippen molar-refractivity contribution in [3.8, 4) is 5.88 Å². The van der Waals surface area contributed by atoms with Crippen molar-refractivity contribution < 1.29 is 9.53 Å². The molecule has 0 unspecified atom stereocenters. The van der Waals surface area contributed by atoms with Crippen LogP contribution in [-0.4, -0.2) is 54.1 Å². The van der Waals surface area contributed by atoms with E-state index in [4.69, 9.17) is 4.74 Å². The van der Waals surface area contributed by atoms with Gasteiger partial charge in [-0.25, -0.2) is 9.97 Å². The van der Waals surface area contributed by atoms with Gasteiger partial charge in [0.2, 0.25) is 5.88 Å². The molecule has 2 aromatic rings. The summed E-state index contributed by atoms with van der Waals surface area (Å²) >= 11 is 0. The first kappa shape index (κ1) is 15.3. The molecule has 120 valence electrons. The molecule has 0 N–H and O–H groups in total. The second-order valence-corrected chi connectivity index (χ2v) is 5.75. The maximum atomic E-state index is 12.4. The number of aromatic nitrogens is 2. The topological polar surface area (TPSA) is 58.6 Å². The number of ether oxygens (including phenoxy) is 1. The number of rotatable bonds is 4. The fraction of sp³-hybridized carbons (Fsp3) is 0.353. The molecule has 0 bridgehead atoms. The summed E-state index contributed by atoms with van der Waals surface area (Å²) in [5.74, 6) is 1.39. The lowest BCUT2D eigenvalue weighted by Crippen LogP contribution is -2.31. The number of likely N-dealkylation sites (tertiary alicyclic amines) is 1. The number of benzene rings is 1. The Bertz CT molecular complexity index is 675. The molecular weight excluding hydrogens is 292 g/mol. The largest absolute Gasteiger partial charge is 0.472 e. The van der Waals surface area contributed by atoms with Crippen LogP contribution < -0.4 is 9.64 Å². The molecular formula is C17H20N4O2. The third-order valence-electron chi connectivity index (χ3n) is 3.83. The first-order valence-corrected chi connectivity index (χ1v) is 7.64. The van der Waals surface area contributed by atoms with Gasteiger partial charge in [-0.2, -0.15) is 0 Å². The molecule has 1 aromatic heterocycles. The average Bonchev–Trinajstić information content (AvgIpc) is 3.03. The van der Waals surface area contributed by atoms with Gasteiger partial charge in [0.05, 0.1) is 6.54 Å². The van der Waals surface area contributed by atoms with E-state index in [0.717, 1.165) is 12.2 Å². The molecule has 1 aliphatic heterocycles. The van der Waals surface area contributed by atoms with E-state index >= 15 is 0 Å². The minimum atomic E-state index is -0.0347. The Morgan fingerprint density at radius 3 is 2.78 bits per heavy atom. The molecule has 3 rings (SSSR count). The summed E-state index contributed by atoms with van der Waals surface area (Å²) in [6.45, 7) is 1.28. The van der Waals surface area contributed by atoms with Crippen molar-refractivity contribution in [1.29, 1.82) is 0 Å². The normalized spacial score (nSPS) is 17.1. The fourth-order valence-corrected chi connectivity index (χ4v) is 2.58. The maximum absolute atomic E-state index is 12.4. The van der Waals surface area contributed by atoms with E-state index in [2.05, 4.69) is 9.97 Å². The van der Waals surface area contributed by atoms with Crippen molar-refractivity contribution in [3.05, 3.63) is 48.3 Å². The Morgan fingerprint density at radius 1 is 1.26 bits per heavy atom. The molecule has 1 amide bonds. The van der Waals surface area contributed by atoms with Gasteiger partial charge >= 0.3 is 0 Å². The number of carbonyl (C=O) groups excluding carboxylic acids is 1. The van der Waals surface area contributed by atoms with E-state index < -0.39 is 0 Å². The predicted molar refractivity (Wildman–Crippen MR) is 87.7 cm³/mol. The zero-order valence-corrected chi connectivity index (χ0v) is 13.3. The summed E-state index contributed by atoms with van der Waals surface area (Å²) in [6.07, 6.45) is 2.26. The van der Waals surface area contributed by atoms with Crippen molar-refractivity contribution in [2.75, 3.05) is 32.1 Å². The molecule has 0 spiro atoms. The Balaban J connectivity index is 1.62. The molecule has 0 aliphatic carbocycles. The van der Waals surface area contributed by atoms with E-state index in [9.17, 15) is 4.79 Å². The van der Waals surface area contributed by atoms with Gasteiger partial charge in [0.25, 0.3) is 5.91 Å². The highest BCUT2D eigenvalue weighted by Gasteiger charge is 2.28. The van der Waals surface area contributed by atoms with Crippen LogP contribution in [0.15, 0.2) is 42.7 Å². The number of anilines is 1. The number of carbonyl (C=O) groups is 1. The minimum absolute atomic E-state index is 0.0347. The van der Waals surface area contributed by atoms with Crippen LogP contribution in [0, 0.1) is 0 Å². The van der Waals surface area contributed by atoms with Crippen LogP contribution >= 0.6 is 0 Å². The first-order valence-electron chi connectivity index (χ1n) is 7.64. The third-order valence-corrected chi connectivity index (χ3v) is 3.83. The van der Waals surface area contributed by atoms with Crippen molar-refractivity contribution in [2.45, 2.75) is 12.5 Å². The van der Waals surface area contributed by atoms with Gasteiger partial charge in [0, 0.05) is 38.7 Å². The van der Waals surface area contributed by atoms with Crippen molar-refractivity contribution in [3.63, 3.8) is 0 Å². The summed E-state index contributed by atoms with van der Waals surface area (Å²) in [5, 5.41) is 0. The van der Waals surface area contributed by atoms with Crippen LogP contribution in [0.4, 0.5) is 5.82 Å². The highest BCUT2D eigenvalue weighted by atomic mass is 16.5. The van der Waals surface area contributed by atoms with Gasteiger partial charge in [-0.05, 0) is 12.1 Å². The van der Waals surface area contributed by atoms with E-state index in [1.165, 1.54) is 6.33 Å². The second-order valence-electron chi connectivity index (χ2n) is 5.75. The van der Waals surface area contributed by atoms with E-state index in [1.807, 2.05) is 60.3 Å². The second kappa shape index (κ2) is 6.64. The summed E-state index contributed by atoms with van der Waals surface area (Å²) < 4.78 is 5.91. The van der Waals surface area contributed by atoms with Crippen LogP contribution in [0.5, 0.6) is 5.88 Å². The van der Waals surface area contributed by atoms with Crippen LogP contribution in [0.3, 0.4) is 0 Å². The molecule has 6 heteroatoms. The summed E-state index contributed by atoms with van der Waals surface area (Å²) in [4.78, 5) is 24.5. The zero-order valence-electron chi connectivity index (χ0n) is 13.3. The molecule has 0 saturated carbocycles. The lowest BCUT2D eigenvalue weighted by atomic mass is 10.2. The highest BCUT2D eigenvalue weighted by Crippen LogP contribution is 2.20. The molecule has 6 nitrogen and oxygen atoms in total. The van der Waals surface area contributed by atoms with Crippen LogP contribution in [0.25, 0.3) is 0 Å². The van der Waals surface area contributed by atoms with Gasteiger partial charge < -0.3 is 14.5 Å². The van der Waals surface area contributed by atoms with E-state index in [0.29, 0.717) is 24.5 Å². The molecule has 1 atom stereocenters. The smallest absolute Gasteiger partial charge is 0.253 e. The Morgan fingerprint density at radius 2 is 2.04 bits per heavy atom. The SMILES string of the molecule is CN(C)c1cc(O[C@@H]2CCN(C(=O)c3ccccc3)C2)ncn1. The summed E-state index contributed by atoms with van der Waals surface area (Å²) in [7, 11) is 3.84. The lowest BCUT2D eigenvalue weighted by molar-refractivity contribution is 0.0771. The van der Waals surface area contributed by atoms with Gasteiger partial charge in [0.15, 0.2) is 0 Å². The van der Waals surface area contributed by atoms with Crippen LogP contribution in [0.1, 0.15) is 16.8 Å². The van der Waals surface area contributed by atoms with Crippen LogP contribution in [0.2, 0.25) is 0 Å². The van der Waals surface area contributed by atoms with Gasteiger partial charge in [-0.3, -0.25) is 4.79 Å². The Kier molecular flexibility index (Phi) is 4.41. The molecule has 0 radical (unpaired) electrons. The summed E-state index contributed by atoms with van der Waals surface area (Å²) in [6, 6.07) is 11.1. The minimum Gasteiger partial charge on any atom is -0.472 e. The Hall–Kier alpha value is -2.63. The van der Waals surface area contributed by atoms with Gasteiger partial charge in [-0.1, -0.05) is 18.2 Å². The van der Waals surface area contributed by atoms with E-state index in [-0.39, 0.29) is 12.0 Å². The molecule has 1 aliphatic rings. The Labute approximate surface area is 135 Å². The van der Waals surface area contributed by atoms with E-state index in [1.54, 1.807) is 0 Å². The monoisotopic (exact) mass is 312 g/mol. The third kappa shape index (κ3) is 3.59. The van der Waals surface area contributed by atoms with Crippen molar-refractivity contribution >= 4 is 11.7 Å². The van der Waals surface area contributed by atoms with Crippen LogP contribution in [-0.2, 0) is 0 Å². The van der Waals surface area contributed by atoms with Gasteiger partial charge in [0.1, 0.15) is 18.2 Å². The lowest BCUT2D eigenvalue weighted by Gasteiger charge is -2.17. The number of hydrogen-bond donors (Lipinski definition) is 0. The number of amides is 1. The van der Waals surface area contributed by atoms with Crippen molar-refractivity contribution in [2.24, 2.45) is 0 Å². The highest BCUT2D eigenvalue weighted by molar-refractivity contribution is 5.94. The molecule has 2 heterocycles. The molecule has 1 aromatic carbocycles. The molecule has 1 saturated heterocycles. The molecule has 23 heavy (non-hydrogen) atoms. The summed E-state index contributed by atoms with van der Waals surface area (Å²) in [5.41, 5.74) is 0.713. The van der Waals surface area contributed by atoms with Gasteiger partial charge in [-0.15, -0.1) is 0 Å². The number of nitrogens with zero attached hydrogens (tertiary/aromatic N) is 4. The standard InChI is InChI=1S/C17H20N4O2/c1-20(2)15-10-16(19-12-18-15)23-14-8-9-21(11-14)17(22)13-6-4-3-5-7-13/h3-7,10,12,14H,8-9,11H2,1-2H3/t14-/m1/s1. The number of hydrogen-bond acceptors (Lipinski definition) is 5. The zero-order chi connectivity index (χ0) is 16.2. The quantitative estimate of drug-likeness (QED) is 0.862. The maximum Gasteiger partial charge on any atom is 0.253 e.